The average Bonchev–Trinajstić information content (AvgIpc) is 3.12. The summed E-state index contributed by atoms with van der Waals surface area (Å²) >= 11 is 6.06. The van der Waals surface area contributed by atoms with Crippen LogP contribution in [0.15, 0.2) is 29.8 Å². The molecule has 1 aliphatic carbocycles. The summed E-state index contributed by atoms with van der Waals surface area (Å²) in [5.41, 5.74) is 3.35. The van der Waals surface area contributed by atoms with Crippen LogP contribution in [-0.2, 0) is 4.79 Å². The van der Waals surface area contributed by atoms with Gasteiger partial charge in [0.1, 0.15) is 0 Å². The van der Waals surface area contributed by atoms with Crippen molar-refractivity contribution >= 4 is 34.5 Å². The number of hydrogen-bond donors (Lipinski definition) is 2. The van der Waals surface area contributed by atoms with Crippen molar-refractivity contribution in [3.63, 3.8) is 0 Å². The van der Waals surface area contributed by atoms with E-state index in [1.165, 1.54) is 31.3 Å². The van der Waals surface area contributed by atoms with Gasteiger partial charge in [-0.2, -0.15) is 0 Å². The number of allylic oxidation sites excluding steroid dienone is 1. The van der Waals surface area contributed by atoms with E-state index in [1.807, 2.05) is 18.2 Å². The number of nitrogens with zero attached hydrogens (tertiary/aromatic N) is 2. The van der Waals surface area contributed by atoms with E-state index in [4.69, 9.17) is 11.6 Å². The third kappa shape index (κ3) is 4.46. The van der Waals surface area contributed by atoms with Crippen molar-refractivity contribution in [2.24, 2.45) is 5.92 Å². The monoisotopic (exact) mass is 386 g/mol. The number of anilines is 1. The predicted molar refractivity (Wildman–Crippen MR) is 110 cm³/mol. The summed E-state index contributed by atoms with van der Waals surface area (Å²) in [5.74, 6) is 1.03. The first-order chi connectivity index (χ1) is 13.2. The Hall–Kier alpha value is -2.01. The summed E-state index contributed by atoms with van der Waals surface area (Å²) in [6.07, 6.45) is 10.3. The van der Waals surface area contributed by atoms with Gasteiger partial charge in [0.2, 0.25) is 11.9 Å². The van der Waals surface area contributed by atoms with Crippen LogP contribution >= 0.6 is 11.6 Å². The van der Waals surface area contributed by atoms with E-state index in [1.54, 1.807) is 0 Å². The maximum absolute atomic E-state index is 12.6. The molecule has 2 heterocycles. The molecule has 5 nitrogen and oxygen atoms in total. The fraction of sp³-hybridized carbons (Fsp3) is 0.524. The summed E-state index contributed by atoms with van der Waals surface area (Å²) in [6, 6.07) is 5.66. The number of carbonyl (C=O) groups excluding carboxylic acids is 1. The Labute approximate surface area is 165 Å². The van der Waals surface area contributed by atoms with E-state index in [0.29, 0.717) is 11.6 Å². The largest absolute Gasteiger partial charge is 0.355 e. The molecule has 1 aliphatic heterocycles. The number of hydrogen-bond acceptors (Lipinski definition) is 3. The maximum atomic E-state index is 12.6. The molecule has 1 aromatic heterocycles. The zero-order chi connectivity index (χ0) is 18.6. The SMILES string of the molecule is O=C(NCCC1=CCCCC1)[C@@H]1CCCN(c2nc3ccc(Cl)cc3[nH]2)C1. The van der Waals surface area contributed by atoms with Crippen molar-refractivity contribution in [2.45, 2.75) is 44.9 Å². The second-order valence-electron chi connectivity index (χ2n) is 7.66. The topological polar surface area (TPSA) is 61.0 Å². The number of nitrogens with one attached hydrogen (secondary N) is 2. The average molecular weight is 387 g/mol. The number of halogens is 1. The molecule has 0 unspecified atom stereocenters. The summed E-state index contributed by atoms with van der Waals surface area (Å²) in [5, 5.41) is 3.85. The highest BCUT2D eigenvalue weighted by Gasteiger charge is 2.27. The minimum atomic E-state index is 0.0240. The van der Waals surface area contributed by atoms with Gasteiger partial charge in [-0.1, -0.05) is 23.3 Å². The zero-order valence-electron chi connectivity index (χ0n) is 15.6. The van der Waals surface area contributed by atoms with Crippen LogP contribution in [-0.4, -0.2) is 35.5 Å². The highest BCUT2D eigenvalue weighted by atomic mass is 35.5. The van der Waals surface area contributed by atoms with Crippen LogP contribution in [0.1, 0.15) is 44.9 Å². The third-order valence-corrected chi connectivity index (χ3v) is 5.89. The number of imidazole rings is 1. The number of aromatic amines is 1. The normalized spacial score (nSPS) is 20.6. The lowest BCUT2D eigenvalue weighted by Crippen LogP contribution is -2.43. The van der Waals surface area contributed by atoms with Gasteiger partial charge in [0.25, 0.3) is 0 Å². The molecule has 0 bridgehead atoms. The minimum Gasteiger partial charge on any atom is -0.355 e. The van der Waals surface area contributed by atoms with Gasteiger partial charge >= 0.3 is 0 Å². The maximum Gasteiger partial charge on any atom is 0.224 e. The molecule has 1 saturated heterocycles. The Morgan fingerprint density at radius 2 is 2.26 bits per heavy atom. The van der Waals surface area contributed by atoms with Crippen LogP contribution in [0.3, 0.4) is 0 Å². The van der Waals surface area contributed by atoms with Gasteiger partial charge < -0.3 is 15.2 Å². The molecule has 1 amide bonds. The molecule has 2 N–H and O–H groups in total. The first kappa shape index (κ1) is 18.4. The summed E-state index contributed by atoms with van der Waals surface area (Å²) < 4.78 is 0. The molecule has 144 valence electrons. The predicted octanol–water partition coefficient (Wildman–Crippen LogP) is 4.44. The molecule has 1 aromatic carbocycles. The number of amides is 1. The number of H-pyrrole nitrogens is 1. The van der Waals surface area contributed by atoms with Crippen molar-refractivity contribution in [2.75, 3.05) is 24.5 Å². The van der Waals surface area contributed by atoms with Crippen LogP contribution in [0.5, 0.6) is 0 Å². The second-order valence-corrected chi connectivity index (χ2v) is 8.09. The summed E-state index contributed by atoms with van der Waals surface area (Å²) in [7, 11) is 0. The van der Waals surface area contributed by atoms with Crippen molar-refractivity contribution in [3.05, 3.63) is 34.9 Å². The lowest BCUT2D eigenvalue weighted by molar-refractivity contribution is -0.125. The minimum absolute atomic E-state index is 0.0240. The molecule has 0 radical (unpaired) electrons. The fourth-order valence-electron chi connectivity index (χ4n) is 4.12. The lowest BCUT2D eigenvalue weighted by atomic mass is 9.96. The highest BCUT2D eigenvalue weighted by molar-refractivity contribution is 6.31. The van der Waals surface area contributed by atoms with Crippen molar-refractivity contribution in [1.82, 2.24) is 15.3 Å². The Balaban J connectivity index is 1.34. The standard InChI is InChI=1S/C21H27ClN4O/c22-17-8-9-18-19(13-17)25-21(24-18)26-12-4-7-16(14-26)20(27)23-11-10-15-5-2-1-3-6-15/h5,8-9,13,16H,1-4,6-7,10-12,14H2,(H,23,27)(H,24,25)/t16-/m1/s1. The quantitative estimate of drug-likeness (QED) is 0.747. The van der Waals surface area contributed by atoms with Gasteiger partial charge in [-0.25, -0.2) is 4.98 Å². The van der Waals surface area contributed by atoms with Gasteiger partial charge in [-0.15, -0.1) is 0 Å². The van der Waals surface area contributed by atoms with Crippen molar-refractivity contribution in [1.29, 1.82) is 0 Å². The first-order valence-corrected chi connectivity index (χ1v) is 10.4. The first-order valence-electron chi connectivity index (χ1n) is 10.0. The second kappa shape index (κ2) is 8.34. The number of benzene rings is 1. The molecule has 1 fully saturated rings. The van der Waals surface area contributed by atoms with Crippen molar-refractivity contribution < 1.29 is 4.79 Å². The van der Waals surface area contributed by atoms with Crippen LogP contribution in [0.25, 0.3) is 11.0 Å². The van der Waals surface area contributed by atoms with Gasteiger partial charge in [-0.3, -0.25) is 4.79 Å². The molecule has 0 saturated carbocycles. The number of fused-ring (bicyclic) bond motifs is 1. The smallest absolute Gasteiger partial charge is 0.224 e. The molecule has 1 atom stereocenters. The van der Waals surface area contributed by atoms with Gasteiger partial charge in [0.15, 0.2) is 0 Å². The van der Waals surface area contributed by atoms with E-state index in [2.05, 4.69) is 26.3 Å². The molecule has 6 heteroatoms. The van der Waals surface area contributed by atoms with Crippen LogP contribution < -0.4 is 10.2 Å². The van der Waals surface area contributed by atoms with Gasteiger partial charge in [-0.05, 0) is 63.1 Å². The molecule has 27 heavy (non-hydrogen) atoms. The van der Waals surface area contributed by atoms with Gasteiger partial charge in [0.05, 0.1) is 17.0 Å². The van der Waals surface area contributed by atoms with E-state index >= 15 is 0 Å². The Morgan fingerprint density at radius 1 is 1.33 bits per heavy atom. The molecule has 2 aliphatic rings. The van der Waals surface area contributed by atoms with Crippen LogP contribution in [0, 0.1) is 5.92 Å². The van der Waals surface area contributed by atoms with Crippen LogP contribution in [0.4, 0.5) is 5.95 Å². The number of piperidine rings is 1. The lowest BCUT2D eigenvalue weighted by Gasteiger charge is -2.31. The van der Waals surface area contributed by atoms with E-state index in [9.17, 15) is 4.79 Å². The Bertz CT molecular complexity index is 844. The molecule has 0 spiro atoms. The Morgan fingerprint density at radius 3 is 3.11 bits per heavy atom. The molecule has 2 aromatic rings. The van der Waals surface area contributed by atoms with E-state index in [0.717, 1.165) is 49.3 Å². The highest BCUT2D eigenvalue weighted by Crippen LogP contribution is 2.25. The molecular formula is C21H27ClN4O. The molecular weight excluding hydrogens is 360 g/mol. The zero-order valence-corrected chi connectivity index (χ0v) is 16.4. The Kier molecular flexibility index (Phi) is 5.67. The number of rotatable bonds is 5. The molecule has 4 rings (SSSR count). The summed E-state index contributed by atoms with van der Waals surface area (Å²) in [6.45, 7) is 2.39. The number of aromatic nitrogens is 2. The fourth-order valence-corrected chi connectivity index (χ4v) is 4.30. The van der Waals surface area contributed by atoms with Gasteiger partial charge in [0, 0.05) is 24.7 Å². The summed E-state index contributed by atoms with van der Waals surface area (Å²) in [4.78, 5) is 22.8. The number of carbonyl (C=O) groups is 1. The third-order valence-electron chi connectivity index (χ3n) is 5.65. The van der Waals surface area contributed by atoms with Crippen molar-refractivity contribution in [3.8, 4) is 0 Å². The van der Waals surface area contributed by atoms with E-state index < -0.39 is 0 Å². The van der Waals surface area contributed by atoms with Crippen LogP contribution in [0.2, 0.25) is 5.02 Å². The van der Waals surface area contributed by atoms with E-state index in [-0.39, 0.29) is 11.8 Å².